The molecule has 1 N–H and O–H groups in total. The van der Waals surface area contributed by atoms with Crippen molar-refractivity contribution in [2.75, 3.05) is 25.0 Å². The highest BCUT2D eigenvalue weighted by atomic mass is 16.6. The van der Waals surface area contributed by atoms with E-state index in [1.807, 2.05) is 0 Å². The molecule has 1 aliphatic rings. The number of benzene rings is 2. The molecule has 1 heterocycles. The van der Waals surface area contributed by atoms with Gasteiger partial charge in [-0.05, 0) is 138 Å². The van der Waals surface area contributed by atoms with Gasteiger partial charge >= 0.3 is 30.0 Å². The molecule has 0 fully saturated rings. The molecule has 302 valence electrons. The largest absolute Gasteiger partial charge is 0.489 e. The number of carbonyl (C=O) groups excluding carboxylic acids is 6. The third-order valence-electron chi connectivity index (χ3n) is 7.22. The number of ether oxygens (including phenoxy) is 6. The van der Waals surface area contributed by atoms with Gasteiger partial charge in [0, 0.05) is 12.1 Å². The highest BCUT2D eigenvalue weighted by molar-refractivity contribution is 6.03. The summed E-state index contributed by atoms with van der Waals surface area (Å²) >= 11 is 0. The highest BCUT2D eigenvalue weighted by Gasteiger charge is 2.33. The van der Waals surface area contributed by atoms with Gasteiger partial charge < -0.3 is 33.3 Å². The van der Waals surface area contributed by atoms with E-state index in [1.54, 1.807) is 95.2 Å². The second kappa shape index (κ2) is 17.5. The molecule has 1 aliphatic heterocycles. The van der Waals surface area contributed by atoms with Gasteiger partial charge in [-0.15, -0.1) is 0 Å². The van der Waals surface area contributed by atoms with E-state index in [9.17, 15) is 28.8 Å². The zero-order valence-corrected chi connectivity index (χ0v) is 34.2. The number of esters is 4. The Morgan fingerprint density at radius 3 is 1.82 bits per heavy atom. The fraction of sp³-hybridized carbons (Fsp3) is 0.561. The van der Waals surface area contributed by atoms with E-state index in [0.717, 1.165) is 4.90 Å². The first-order chi connectivity index (χ1) is 25.2. The second-order valence-corrected chi connectivity index (χ2v) is 17.2. The molecule has 0 saturated carbocycles. The Labute approximate surface area is 323 Å². The summed E-state index contributed by atoms with van der Waals surface area (Å²) in [5.74, 6) is -3.87. The number of hydrogen-bond acceptors (Lipinski definition) is 12. The number of amides is 2. The van der Waals surface area contributed by atoms with E-state index in [0.29, 0.717) is 29.7 Å². The number of anilines is 1. The fourth-order valence-corrected chi connectivity index (χ4v) is 5.41. The van der Waals surface area contributed by atoms with Gasteiger partial charge in [0.1, 0.15) is 35.5 Å². The molecule has 0 bridgehead atoms. The van der Waals surface area contributed by atoms with Crippen LogP contribution in [0.2, 0.25) is 0 Å². The van der Waals surface area contributed by atoms with Gasteiger partial charge in [-0.1, -0.05) is 6.07 Å². The predicted molar refractivity (Wildman–Crippen MR) is 203 cm³/mol. The van der Waals surface area contributed by atoms with Crippen molar-refractivity contribution in [2.45, 2.75) is 131 Å². The predicted octanol–water partition coefficient (Wildman–Crippen LogP) is 6.98. The number of aryl methyl sites for hydroxylation is 2. The van der Waals surface area contributed by atoms with E-state index in [2.05, 4.69) is 5.32 Å². The van der Waals surface area contributed by atoms with Crippen molar-refractivity contribution >= 4 is 41.6 Å². The Balaban J connectivity index is 2.11. The molecular weight excluding hydrogens is 712 g/mol. The van der Waals surface area contributed by atoms with Crippen molar-refractivity contribution in [1.82, 2.24) is 4.90 Å². The summed E-state index contributed by atoms with van der Waals surface area (Å²) in [5.41, 5.74) is -1.83. The fourth-order valence-electron chi connectivity index (χ4n) is 5.41. The number of fused-ring (bicyclic) bond motifs is 2. The average Bonchev–Trinajstić information content (AvgIpc) is 2.98. The highest BCUT2D eigenvalue weighted by Crippen LogP contribution is 2.37. The lowest BCUT2D eigenvalue weighted by molar-refractivity contribution is -0.159. The van der Waals surface area contributed by atoms with E-state index in [-0.39, 0.29) is 42.1 Å². The number of hydrogen-bond donors (Lipinski definition) is 1. The third kappa shape index (κ3) is 14.9. The Bertz CT molecular complexity index is 1740. The Morgan fingerprint density at radius 1 is 0.727 bits per heavy atom. The van der Waals surface area contributed by atoms with Crippen molar-refractivity contribution < 1.29 is 57.2 Å². The van der Waals surface area contributed by atoms with Crippen molar-refractivity contribution in [1.29, 1.82) is 0 Å². The molecular formula is C41H56N2O12. The summed E-state index contributed by atoms with van der Waals surface area (Å²) in [6, 6.07) is 7.71. The van der Waals surface area contributed by atoms with Gasteiger partial charge in [0.05, 0.1) is 17.7 Å². The van der Waals surface area contributed by atoms with Gasteiger partial charge in [0.25, 0.3) is 5.91 Å². The minimum atomic E-state index is -0.894. The second-order valence-electron chi connectivity index (χ2n) is 17.2. The normalized spacial score (nSPS) is 13.5. The Kier molecular flexibility index (Phi) is 14.1. The number of rotatable bonds is 9. The summed E-state index contributed by atoms with van der Waals surface area (Å²) < 4.78 is 33.9. The zero-order chi connectivity index (χ0) is 41.5. The molecule has 14 nitrogen and oxygen atoms in total. The smallest absolute Gasteiger partial charge is 0.412 e. The topological polar surface area (TPSA) is 173 Å². The molecule has 0 spiro atoms. The summed E-state index contributed by atoms with van der Waals surface area (Å²) in [7, 11) is 0. The maximum atomic E-state index is 14.7. The monoisotopic (exact) mass is 768 g/mol. The maximum Gasteiger partial charge on any atom is 0.412 e. The molecule has 0 radical (unpaired) electrons. The van der Waals surface area contributed by atoms with Gasteiger partial charge in [0.15, 0.2) is 11.5 Å². The lowest BCUT2D eigenvalue weighted by Crippen LogP contribution is -2.43. The Hall–Kier alpha value is -5.14. The van der Waals surface area contributed by atoms with Crippen LogP contribution >= 0.6 is 0 Å². The lowest BCUT2D eigenvalue weighted by Gasteiger charge is -2.28. The van der Waals surface area contributed by atoms with Crippen LogP contribution in [-0.2, 0) is 46.2 Å². The van der Waals surface area contributed by atoms with E-state index in [1.165, 1.54) is 18.2 Å². The third-order valence-corrected chi connectivity index (χ3v) is 7.22. The minimum absolute atomic E-state index is 0.00352. The van der Waals surface area contributed by atoms with Crippen LogP contribution in [0.1, 0.15) is 128 Å². The molecule has 0 unspecified atom stereocenters. The molecule has 3 rings (SSSR count). The first-order valence-corrected chi connectivity index (χ1v) is 18.3. The van der Waals surface area contributed by atoms with Gasteiger partial charge in [-0.3, -0.25) is 24.5 Å². The van der Waals surface area contributed by atoms with Crippen LogP contribution in [0.15, 0.2) is 30.3 Å². The minimum Gasteiger partial charge on any atom is -0.489 e. The standard InChI is InChI=1S/C41H56N2O12/c1-38(2,3)52-30(44)20-16-25-15-19-29-34(33(25)35(47)43(23-31(45)53-39(4,5)6)24-32(46)54-40(7,8)9)50-21-13-14-26-22-27(17-18-28(26)36(48)51-29)42-37(49)55-41(10,11)12/h15,17-19,22H,13-14,16,20-21,23-24H2,1-12H3,(H,42,49). The lowest BCUT2D eigenvalue weighted by atomic mass is 9.98. The van der Waals surface area contributed by atoms with Crippen molar-refractivity contribution in [3.05, 3.63) is 52.6 Å². The van der Waals surface area contributed by atoms with Crippen LogP contribution in [-0.4, -0.2) is 82.9 Å². The molecule has 0 saturated heterocycles. The SMILES string of the molecule is CC(C)(C)OC(=O)CCc1ccc2c(c1C(=O)N(CC(=O)OC(C)(C)C)CC(=O)OC(C)(C)C)OCCCc1cc(NC(=O)OC(C)(C)C)ccc1C(=O)O2. The van der Waals surface area contributed by atoms with Crippen LogP contribution in [0.25, 0.3) is 0 Å². The van der Waals surface area contributed by atoms with Gasteiger partial charge in [-0.2, -0.15) is 0 Å². The van der Waals surface area contributed by atoms with Crippen LogP contribution in [0.4, 0.5) is 10.5 Å². The van der Waals surface area contributed by atoms with Gasteiger partial charge in [0.2, 0.25) is 0 Å². The summed E-state index contributed by atoms with van der Waals surface area (Å²) in [6.45, 7) is 19.3. The summed E-state index contributed by atoms with van der Waals surface area (Å²) in [5, 5.41) is 2.68. The quantitative estimate of drug-likeness (QED) is 0.158. The number of nitrogens with one attached hydrogen (secondary N) is 1. The zero-order valence-electron chi connectivity index (χ0n) is 34.2. The van der Waals surface area contributed by atoms with Crippen molar-refractivity contribution in [3.8, 4) is 11.5 Å². The van der Waals surface area contributed by atoms with Gasteiger partial charge in [-0.25, -0.2) is 9.59 Å². The van der Waals surface area contributed by atoms with E-state index < -0.39 is 71.4 Å². The molecule has 55 heavy (non-hydrogen) atoms. The average molecular weight is 769 g/mol. The van der Waals surface area contributed by atoms with E-state index in [4.69, 9.17) is 28.4 Å². The van der Waals surface area contributed by atoms with Crippen LogP contribution in [0, 0.1) is 0 Å². The number of carbonyl (C=O) groups is 6. The number of nitrogens with zero attached hydrogens (tertiary/aromatic N) is 1. The first kappa shape index (κ1) is 44.3. The van der Waals surface area contributed by atoms with Crippen molar-refractivity contribution in [3.63, 3.8) is 0 Å². The first-order valence-electron chi connectivity index (χ1n) is 18.3. The summed E-state index contributed by atoms with van der Waals surface area (Å²) in [4.78, 5) is 80.9. The molecule has 0 aliphatic carbocycles. The van der Waals surface area contributed by atoms with E-state index >= 15 is 0 Å². The molecule has 2 amide bonds. The van der Waals surface area contributed by atoms with Crippen LogP contribution in [0.5, 0.6) is 11.5 Å². The van der Waals surface area contributed by atoms with Crippen LogP contribution in [0.3, 0.4) is 0 Å². The molecule has 2 aromatic carbocycles. The van der Waals surface area contributed by atoms with Crippen LogP contribution < -0.4 is 14.8 Å². The summed E-state index contributed by atoms with van der Waals surface area (Å²) in [6.07, 6.45) is -0.0797. The molecule has 0 aromatic heterocycles. The Morgan fingerprint density at radius 2 is 1.27 bits per heavy atom. The molecule has 14 heteroatoms. The molecule has 2 aromatic rings. The maximum absolute atomic E-state index is 14.7. The van der Waals surface area contributed by atoms with Crippen molar-refractivity contribution in [2.24, 2.45) is 0 Å². The molecule has 0 atom stereocenters.